The van der Waals surface area contributed by atoms with Crippen LogP contribution >= 0.6 is 0 Å². The first-order valence-corrected chi connectivity index (χ1v) is 6.32. The zero-order chi connectivity index (χ0) is 10.9. The Hall–Kier alpha value is -0.120. The van der Waals surface area contributed by atoms with Gasteiger partial charge in [0.15, 0.2) is 0 Å². The average Bonchev–Trinajstić information content (AvgIpc) is 2.71. The number of nitrogens with one attached hydrogen (secondary N) is 1. The molecule has 1 unspecified atom stereocenters. The molecule has 1 saturated heterocycles. The molecule has 3 heteroatoms. The van der Waals surface area contributed by atoms with Gasteiger partial charge in [-0.05, 0) is 38.9 Å². The lowest BCUT2D eigenvalue weighted by Gasteiger charge is -2.15. The lowest BCUT2D eigenvalue weighted by atomic mass is 10.2. The van der Waals surface area contributed by atoms with Crippen LogP contribution in [-0.4, -0.2) is 50.8 Å². The molecule has 15 heavy (non-hydrogen) atoms. The monoisotopic (exact) mass is 214 g/mol. The molecule has 0 aromatic rings. The van der Waals surface area contributed by atoms with E-state index in [1.54, 1.807) is 0 Å². The number of hydrogen-bond acceptors (Lipinski definition) is 3. The molecule has 0 bridgehead atoms. The molecule has 1 rings (SSSR count). The zero-order valence-electron chi connectivity index (χ0n) is 10.3. The molecule has 1 N–H and O–H groups in total. The maximum Gasteiger partial charge on any atom is 0.0710 e. The van der Waals surface area contributed by atoms with E-state index in [1.165, 1.54) is 45.3 Å². The maximum atomic E-state index is 5.35. The third-order valence-corrected chi connectivity index (χ3v) is 3.14. The molecule has 1 fully saturated rings. The van der Waals surface area contributed by atoms with Gasteiger partial charge >= 0.3 is 0 Å². The molecule has 1 aliphatic rings. The Morgan fingerprint density at radius 3 is 2.87 bits per heavy atom. The summed E-state index contributed by atoms with van der Waals surface area (Å²) < 4.78 is 5.35. The average molecular weight is 214 g/mol. The largest absolute Gasteiger partial charge is 0.380 e. The molecular formula is C12H26N2O. The Morgan fingerprint density at radius 1 is 1.33 bits per heavy atom. The van der Waals surface area contributed by atoms with Crippen molar-refractivity contribution in [1.29, 1.82) is 0 Å². The molecule has 90 valence electrons. The summed E-state index contributed by atoms with van der Waals surface area (Å²) in [6.07, 6.45) is 5.71. The zero-order valence-corrected chi connectivity index (χ0v) is 10.3. The van der Waals surface area contributed by atoms with E-state index in [9.17, 15) is 0 Å². The number of unbranched alkanes of at least 4 members (excludes halogenated alkanes) is 2. The Labute approximate surface area is 94.2 Å². The van der Waals surface area contributed by atoms with Crippen LogP contribution in [0.4, 0.5) is 0 Å². The van der Waals surface area contributed by atoms with E-state index in [0.29, 0.717) is 6.10 Å². The number of hydrogen-bond donors (Lipinski definition) is 1. The van der Waals surface area contributed by atoms with E-state index in [0.717, 1.165) is 13.1 Å². The predicted molar refractivity (Wildman–Crippen MR) is 64.2 cm³/mol. The number of likely N-dealkylation sites (tertiary alicyclic amines) is 1. The highest BCUT2D eigenvalue weighted by Crippen LogP contribution is 2.12. The van der Waals surface area contributed by atoms with E-state index < -0.39 is 0 Å². The lowest BCUT2D eigenvalue weighted by Crippen LogP contribution is -2.24. The summed E-state index contributed by atoms with van der Waals surface area (Å²) in [5, 5.41) is 3.36. The Morgan fingerprint density at radius 2 is 2.20 bits per heavy atom. The van der Waals surface area contributed by atoms with Crippen molar-refractivity contribution in [3.05, 3.63) is 0 Å². The van der Waals surface area contributed by atoms with Gasteiger partial charge in [-0.25, -0.2) is 0 Å². The molecule has 1 heterocycles. The second-order valence-corrected chi connectivity index (χ2v) is 4.36. The van der Waals surface area contributed by atoms with Crippen LogP contribution in [0, 0.1) is 0 Å². The Bertz CT molecular complexity index is 153. The number of nitrogens with zero attached hydrogens (tertiary/aromatic N) is 1. The predicted octanol–water partition coefficient (Wildman–Crippen LogP) is 1.49. The van der Waals surface area contributed by atoms with Gasteiger partial charge in [-0.2, -0.15) is 0 Å². The molecule has 0 radical (unpaired) electrons. The molecule has 0 aliphatic carbocycles. The topological polar surface area (TPSA) is 24.5 Å². The summed E-state index contributed by atoms with van der Waals surface area (Å²) in [6.45, 7) is 8.06. The van der Waals surface area contributed by atoms with Crippen LogP contribution in [0.3, 0.4) is 0 Å². The fourth-order valence-corrected chi connectivity index (χ4v) is 2.13. The minimum atomic E-state index is 0.492. The van der Waals surface area contributed by atoms with Gasteiger partial charge in [-0.1, -0.05) is 13.3 Å². The van der Waals surface area contributed by atoms with Gasteiger partial charge < -0.3 is 15.0 Å². The van der Waals surface area contributed by atoms with Crippen molar-refractivity contribution in [1.82, 2.24) is 10.2 Å². The maximum absolute atomic E-state index is 5.35. The first kappa shape index (κ1) is 12.9. The Kier molecular flexibility index (Phi) is 6.98. The van der Waals surface area contributed by atoms with Crippen LogP contribution in [0.5, 0.6) is 0 Å². The van der Waals surface area contributed by atoms with E-state index in [-0.39, 0.29) is 0 Å². The quantitative estimate of drug-likeness (QED) is 0.620. The summed E-state index contributed by atoms with van der Waals surface area (Å²) in [5.41, 5.74) is 0. The smallest absolute Gasteiger partial charge is 0.0710 e. The summed E-state index contributed by atoms with van der Waals surface area (Å²) >= 11 is 0. The Balaban J connectivity index is 1.88. The van der Waals surface area contributed by atoms with Crippen molar-refractivity contribution in [2.45, 2.75) is 38.7 Å². The van der Waals surface area contributed by atoms with E-state index >= 15 is 0 Å². The van der Waals surface area contributed by atoms with Gasteiger partial charge in [0.2, 0.25) is 0 Å². The van der Waals surface area contributed by atoms with Crippen molar-refractivity contribution in [3.8, 4) is 0 Å². The second kappa shape index (κ2) is 8.08. The van der Waals surface area contributed by atoms with Crippen LogP contribution in [0.2, 0.25) is 0 Å². The first-order valence-electron chi connectivity index (χ1n) is 6.32. The van der Waals surface area contributed by atoms with Crippen LogP contribution in [0.25, 0.3) is 0 Å². The summed E-state index contributed by atoms with van der Waals surface area (Å²) in [7, 11) is 1.82. The molecular weight excluding hydrogens is 188 g/mol. The molecule has 0 aromatic carbocycles. The van der Waals surface area contributed by atoms with Crippen LogP contribution < -0.4 is 5.32 Å². The fraction of sp³-hybridized carbons (Fsp3) is 1.00. The van der Waals surface area contributed by atoms with Crippen LogP contribution in [-0.2, 0) is 4.74 Å². The van der Waals surface area contributed by atoms with Crippen LogP contribution in [0.1, 0.15) is 32.6 Å². The van der Waals surface area contributed by atoms with Crippen LogP contribution in [0.15, 0.2) is 0 Å². The molecule has 0 saturated carbocycles. The second-order valence-electron chi connectivity index (χ2n) is 4.36. The number of ether oxygens (including phenoxy) is 1. The number of methoxy groups -OCH3 is 1. The minimum Gasteiger partial charge on any atom is -0.380 e. The molecule has 1 atom stereocenters. The van der Waals surface area contributed by atoms with Crippen molar-refractivity contribution >= 4 is 0 Å². The standard InChI is InChI=1S/C12H26N2O/c1-3-13-8-5-4-6-9-14-10-7-12(11-14)15-2/h12-13H,3-11H2,1-2H3. The van der Waals surface area contributed by atoms with Gasteiger partial charge in [0.1, 0.15) is 0 Å². The molecule has 0 amide bonds. The normalized spacial score (nSPS) is 22.4. The molecule has 0 aromatic heterocycles. The third kappa shape index (κ3) is 5.50. The fourth-order valence-electron chi connectivity index (χ4n) is 2.13. The van der Waals surface area contributed by atoms with E-state index in [2.05, 4.69) is 17.1 Å². The van der Waals surface area contributed by atoms with Gasteiger partial charge in [0.05, 0.1) is 6.10 Å². The van der Waals surface area contributed by atoms with Gasteiger partial charge in [-0.15, -0.1) is 0 Å². The highest BCUT2D eigenvalue weighted by molar-refractivity contribution is 4.75. The van der Waals surface area contributed by atoms with Crippen molar-refractivity contribution in [2.24, 2.45) is 0 Å². The van der Waals surface area contributed by atoms with Gasteiger partial charge in [-0.3, -0.25) is 0 Å². The summed E-state index contributed by atoms with van der Waals surface area (Å²) in [4.78, 5) is 2.53. The van der Waals surface area contributed by atoms with Gasteiger partial charge in [0, 0.05) is 20.2 Å². The van der Waals surface area contributed by atoms with Crippen molar-refractivity contribution < 1.29 is 4.74 Å². The highest BCUT2D eigenvalue weighted by atomic mass is 16.5. The van der Waals surface area contributed by atoms with Crippen molar-refractivity contribution in [3.63, 3.8) is 0 Å². The minimum absolute atomic E-state index is 0.492. The van der Waals surface area contributed by atoms with E-state index in [4.69, 9.17) is 4.74 Å². The molecule has 0 spiro atoms. The first-order chi connectivity index (χ1) is 7.36. The molecule has 3 nitrogen and oxygen atoms in total. The highest BCUT2D eigenvalue weighted by Gasteiger charge is 2.20. The van der Waals surface area contributed by atoms with E-state index in [1.807, 2.05) is 7.11 Å². The summed E-state index contributed by atoms with van der Waals surface area (Å²) in [5.74, 6) is 0. The number of rotatable bonds is 8. The molecule has 1 aliphatic heterocycles. The van der Waals surface area contributed by atoms with Crippen molar-refractivity contribution in [2.75, 3.05) is 39.8 Å². The SMILES string of the molecule is CCNCCCCCN1CCC(OC)C1. The summed E-state index contributed by atoms with van der Waals surface area (Å²) in [6, 6.07) is 0. The van der Waals surface area contributed by atoms with Gasteiger partial charge in [0.25, 0.3) is 0 Å². The third-order valence-electron chi connectivity index (χ3n) is 3.14. The lowest BCUT2D eigenvalue weighted by molar-refractivity contribution is 0.108.